The molecule has 5 rings (SSSR count). The average molecular weight is 864 g/mol. The van der Waals surface area contributed by atoms with E-state index >= 15 is 0 Å². The number of allylic oxidation sites excluding steroid dienone is 1. The van der Waals surface area contributed by atoms with Crippen molar-refractivity contribution < 1.29 is 76.5 Å². The van der Waals surface area contributed by atoms with E-state index in [1.54, 1.807) is 0 Å². The Labute approximate surface area is 327 Å². The second-order valence-electron chi connectivity index (χ2n) is 12.9. The predicted octanol–water partition coefficient (Wildman–Crippen LogP) is -2.10. The number of esters is 1. The average Bonchev–Trinajstić information content (AvgIpc) is 3.82. The summed E-state index contributed by atoms with van der Waals surface area (Å²) >= 11 is 0. The highest BCUT2D eigenvalue weighted by molar-refractivity contribution is 7.47. The lowest BCUT2D eigenvalue weighted by Crippen LogP contribution is -2.46. The zero-order valence-electron chi connectivity index (χ0n) is 30.4. The van der Waals surface area contributed by atoms with Gasteiger partial charge in [-0.3, -0.25) is 27.5 Å². The number of rotatable bonds is 20. The SMILES string of the molecule is C=CCCC(=O)N[C@@H](CCCCO)C(=O)OC1C(COP(=O)(O)O[C@H]2[C@@H](O)[C@H](n3ccc(N)nc3=O)O[C@@H]2COP(=O)(O)O)OC(n2cnc3c(N)ncnc32)C1O. The van der Waals surface area contributed by atoms with Gasteiger partial charge >= 0.3 is 27.3 Å². The molecule has 2 saturated heterocycles. The summed E-state index contributed by atoms with van der Waals surface area (Å²) in [5, 5.41) is 34.5. The minimum absolute atomic E-state index is 0.00710. The Morgan fingerprint density at radius 2 is 1.67 bits per heavy atom. The fourth-order valence-corrected chi connectivity index (χ4v) is 7.37. The molecule has 1 amide bonds. The van der Waals surface area contributed by atoms with Gasteiger partial charge in [0.25, 0.3) is 0 Å². The van der Waals surface area contributed by atoms with Gasteiger partial charge in [-0.25, -0.2) is 33.7 Å². The fourth-order valence-electron chi connectivity index (χ4n) is 6.07. The maximum atomic E-state index is 13.6. The predicted molar refractivity (Wildman–Crippen MR) is 193 cm³/mol. The summed E-state index contributed by atoms with van der Waals surface area (Å²) in [5.41, 5.74) is 10.6. The Balaban J connectivity index is 1.39. The van der Waals surface area contributed by atoms with Crippen LogP contribution in [0.3, 0.4) is 0 Å². The Morgan fingerprint density at radius 3 is 2.34 bits per heavy atom. The molecule has 11 N–H and O–H groups in total. The van der Waals surface area contributed by atoms with Crippen molar-refractivity contribution in [3.05, 3.63) is 48.1 Å². The first kappa shape index (κ1) is 44.8. The highest BCUT2D eigenvalue weighted by atomic mass is 31.2. The molecule has 5 heterocycles. The summed E-state index contributed by atoms with van der Waals surface area (Å²) in [5.74, 6) is -1.76. The summed E-state index contributed by atoms with van der Waals surface area (Å²) < 4.78 is 59.0. The van der Waals surface area contributed by atoms with Crippen molar-refractivity contribution in [3.63, 3.8) is 0 Å². The van der Waals surface area contributed by atoms with E-state index in [0.29, 0.717) is 6.42 Å². The highest BCUT2D eigenvalue weighted by Crippen LogP contribution is 2.50. The van der Waals surface area contributed by atoms with Crippen molar-refractivity contribution >= 4 is 50.3 Å². The van der Waals surface area contributed by atoms with Gasteiger partial charge in [0.15, 0.2) is 30.0 Å². The van der Waals surface area contributed by atoms with Crippen LogP contribution in [0.1, 0.15) is 44.6 Å². The smallest absolute Gasteiger partial charge is 0.455 e. The van der Waals surface area contributed by atoms with Gasteiger partial charge in [0.05, 0.1) is 19.5 Å². The lowest BCUT2D eigenvalue weighted by molar-refractivity contribution is -0.160. The zero-order valence-corrected chi connectivity index (χ0v) is 32.1. The number of carbonyl (C=O) groups is 2. The molecule has 2 aliphatic heterocycles. The molecule has 3 aromatic rings. The minimum atomic E-state index is -5.40. The maximum absolute atomic E-state index is 13.6. The normalized spacial score (nSPS) is 26.3. The molecule has 58 heavy (non-hydrogen) atoms. The van der Waals surface area contributed by atoms with Crippen LogP contribution in [-0.4, -0.2) is 133 Å². The van der Waals surface area contributed by atoms with Crippen molar-refractivity contribution in [1.29, 1.82) is 0 Å². The molecular weight excluding hydrogens is 820 g/mol. The number of amides is 1. The van der Waals surface area contributed by atoms with E-state index in [2.05, 4.69) is 36.4 Å². The van der Waals surface area contributed by atoms with Crippen LogP contribution < -0.4 is 22.5 Å². The summed E-state index contributed by atoms with van der Waals surface area (Å²) in [4.78, 5) is 83.7. The van der Waals surface area contributed by atoms with E-state index in [-0.39, 0.29) is 55.1 Å². The number of phosphoric ester groups is 2. The topological polar surface area (TPSA) is 388 Å². The minimum Gasteiger partial charge on any atom is -0.455 e. The molecule has 320 valence electrons. The Kier molecular flexibility index (Phi) is 14.8. The van der Waals surface area contributed by atoms with E-state index in [1.807, 2.05) is 0 Å². The molecule has 5 unspecified atom stereocenters. The van der Waals surface area contributed by atoms with Crippen LogP contribution in [0.5, 0.6) is 0 Å². The summed E-state index contributed by atoms with van der Waals surface area (Å²) in [6.07, 6.45) is -8.05. The fraction of sp³-hybridized carbons (Fsp3) is 0.567. The third-order valence-corrected chi connectivity index (χ3v) is 10.3. The van der Waals surface area contributed by atoms with Gasteiger partial charge in [0.1, 0.15) is 54.2 Å². The number of fused-ring (bicyclic) bond motifs is 1. The van der Waals surface area contributed by atoms with Crippen LogP contribution in [0.4, 0.5) is 11.6 Å². The number of carbonyl (C=O) groups excluding carboxylic acids is 2. The first-order valence-electron chi connectivity index (χ1n) is 17.4. The van der Waals surface area contributed by atoms with Crippen molar-refractivity contribution in [2.45, 2.75) is 87.2 Å². The van der Waals surface area contributed by atoms with Crippen molar-refractivity contribution in [3.8, 4) is 0 Å². The number of nitrogen functional groups attached to an aromatic ring is 2. The number of imidazole rings is 1. The highest BCUT2D eigenvalue weighted by Gasteiger charge is 2.52. The summed E-state index contributed by atoms with van der Waals surface area (Å²) in [7, 11) is -10.6. The van der Waals surface area contributed by atoms with Gasteiger partial charge in [-0.15, -0.1) is 6.58 Å². The molecule has 28 heteroatoms. The van der Waals surface area contributed by atoms with Crippen molar-refractivity contribution in [2.24, 2.45) is 0 Å². The number of unbranched alkanes of at least 4 members (excludes halogenated alkanes) is 1. The number of nitrogens with one attached hydrogen (secondary N) is 1. The van der Waals surface area contributed by atoms with Gasteiger partial charge in [0.2, 0.25) is 5.91 Å². The van der Waals surface area contributed by atoms with Gasteiger partial charge in [-0.2, -0.15) is 4.98 Å². The monoisotopic (exact) mass is 863 g/mol. The second kappa shape index (κ2) is 19.2. The Hall–Kier alpha value is -4.27. The molecule has 0 aromatic carbocycles. The molecular formula is C30H43N9O17P2. The van der Waals surface area contributed by atoms with E-state index in [0.717, 1.165) is 17.1 Å². The number of anilines is 2. The largest absolute Gasteiger partial charge is 0.472 e. The van der Waals surface area contributed by atoms with Gasteiger partial charge < -0.3 is 61.0 Å². The second-order valence-corrected chi connectivity index (χ2v) is 15.6. The summed E-state index contributed by atoms with van der Waals surface area (Å²) in [6.45, 7) is 1.37. The molecule has 2 aliphatic rings. The van der Waals surface area contributed by atoms with E-state index in [9.17, 15) is 53.5 Å². The third-order valence-electron chi connectivity index (χ3n) is 8.82. The molecule has 3 aromatic heterocycles. The van der Waals surface area contributed by atoms with E-state index in [1.165, 1.54) is 23.0 Å². The number of aromatic nitrogens is 6. The number of phosphoric acid groups is 2. The molecule has 0 aliphatic carbocycles. The van der Waals surface area contributed by atoms with Crippen LogP contribution in [0.25, 0.3) is 11.2 Å². The van der Waals surface area contributed by atoms with E-state index < -0.39 is 102 Å². The van der Waals surface area contributed by atoms with Crippen LogP contribution in [0, 0.1) is 0 Å². The molecule has 0 bridgehead atoms. The van der Waals surface area contributed by atoms with Gasteiger partial charge in [-0.05, 0) is 31.7 Å². The number of nitrogens with zero attached hydrogens (tertiary/aromatic N) is 6. The molecule has 0 saturated carbocycles. The quantitative estimate of drug-likeness (QED) is 0.0254. The van der Waals surface area contributed by atoms with Gasteiger partial charge in [-0.1, -0.05) is 6.08 Å². The van der Waals surface area contributed by atoms with Crippen LogP contribution in [-0.2, 0) is 46.5 Å². The maximum Gasteiger partial charge on any atom is 0.472 e. The van der Waals surface area contributed by atoms with Crippen LogP contribution in [0.2, 0.25) is 0 Å². The summed E-state index contributed by atoms with van der Waals surface area (Å²) in [6, 6.07) is -0.0966. The third kappa shape index (κ3) is 11.1. The molecule has 10 atom stereocenters. The standard InChI is InChI=1S/C30H43N9O17P2/c1-2-3-7-19(41)36-15(6-4-5-10-40)29(44)55-23-16(53-28(21(23)42)39-14-35-20-25(32)33-13-34-26(20)39)12-52-58(49,50)56-24-17(11-51-57(46,47)48)54-27(22(24)43)38-9-8-18(31)37-30(38)45/h2,8-9,13-17,21-24,27-28,40,42-43H,1,3-7,10-12H2,(H,36,41)(H,49,50)(H2,31,37,45)(H2,32,33,34)(H2,46,47,48)/t15-,16?,17+,21?,22+,23?,24+,27+,28?/m0/s1. The number of hydrogen-bond acceptors (Lipinski definition) is 20. The molecule has 0 spiro atoms. The van der Waals surface area contributed by atoms with Crippen LogP contribution in [0.15, 0.2) is 42.4 Å². The van der Waals surface area contributed by atoms with Crippen molar-refractivity contribution in [1.82, 2.24) is 34.4 Å². The lowest BCUT2D eigenvalue weighted by Gasteiger charge is -2.26. The number of aliphatic hydroxyl groups excluding tert-OH is 3. The Bertz CT molecular complexity index is 2080. The zero-order chi connectivity index (χ0) is 42.4. The molecule has 2 fully saturated rings. The molecule has 0 radical (unpaired) electrons. The first-order chi connectivity index (χ1) is 27.4. The van der Waals surface area contributed by atoms with Crippen LogP contribution >= 0.6 is 15.6 Å². The van der Waals surface area contributed by atoms with Crippen molar-refractivity contribution in [2.75, 3.05) is 31.3 Å². The van der Waals surface area contributed by atoms with Gasteiger partial charge in [0, 0.05) is 19.2 Å². The number of nitrogens with two attached hydrogens (primary N) is 2. The lowest BCUT2D eigenvalue weighted by atomic mass is 10.1. The number of ether oxygens (including phenoxy) is 3. The molecule has 26 nitrogen and oxygen atoms in total. The number of aliphatic hydroxyl groups is 3. The first-order valence-corrected chi connectivity index (χ1v) is 20.5. The number of hydrogen-bond donors (Lipinski definition) is 9. The Morgan fingerprint density at radius 1 is 1.00 bits per heavy atom. The van der Waals surface area contributed by atoms with E-state index in [4.69, 9.17) is 34.7 Å².